The van der Waals surface area contributed by atoms with Gasteiger partial charge in [0, 0.05) is 38.5 Å². The summed E-state index contributed by atoms with van der Waals surface area (Å²) in [6.07, 6.45) is 1.88. The van der Waals surface area contributed by atoms with Gasteiger partial charge in [0.15, 0.2) is 15.8 Å². The van der Waals surface area contributed by atoms with Gasteiger partial charge in [-0.25, -0.2) is 12.8 Å². The Kier molecular flexibility index (Phi) is 8.35. The summed E-state index contributed by atoms with van der Waals surface area (Å²) in [7, 11) is -1.55. The molecule has 0 aliphatic heterocycles. The first-order valence-electron chi connectivity index (χ1n) is 9.48. The monoisotopic (exact) mass is 434 g/mol. The summed E-state index contributed by atoms with van der Waals surface area (Å²) in [4.78, 5) is 16.5. The minimum absolute atomic E-state index is 0.280. The van der Waals surface area contributed by atoms with Gasteiger partial charge in [-0.2, -0.15) is 0 Å². The molecule has 2 rings (SSSR count). The molecule has 9 heteroatoms. The highest BCUT2D eigenvalue weighted by molar-refractivity contribution is 7.90. The van der Waals surface area contributed by atoms with Gasteiger partial charge >= 0.3 is 0 Å². The Balaban J connectivity index is 1.70. The van der Waals surface area contributed by atoms with Gasteiger partial charge < -0.3 is 16.0 Å². The maximum absolute atomic E-state index is 13.5. The Hall–Kier alpha value is -2.94. The van der Waals surface area contributed by atoms with Crippen molar-refractivity contribution in [3.8, 4) is 0 Å². The van der Waals surface area contributed by atoms with Crippen molar-refractivity contribution in [2.45, 2.75) is 18.2 Å². The second kappa shape index (κ2) is 10.7. The third-order valence-electron chi connectivity index (χ3n) is 4.42. The van der Waals surface area contributed by atoms with E-state index in [9.17, 15) is 17.6 Å². The average Bonchev–Trinajstić information content (AvgIpc) is 2.71. The van der Waals surface area contributed by atoms with Gasteiger partial charge in [-0.15, -0.1) is 0 Å². The molecule has 162 valence electrons. The lowest BCUT2D eigenvalue weighted by molar-refractivity contribution is 0.0954. The van der Waals surface area contributed by atoms with Crippen LogP contribution < -0.4 is 16.0 Å². The normalized spacial score (nSPS) is 11.8. The molecule has 0 fully saturated rings. The molecule has 1 amide bonds. The minimum Gasteiger partial charge on any atom is -0.356 e. The second-order valence-electron chi connectivity index (χ2n) is 6.81. The predicted octanol–water partition coefficient (Wildman–Crippen LogP) is 1.68. The highest BCUT2D eigenvalue weighted by Crippen LogP contribution is 2.10. The van der Waals surface area contributed by atoms with E-state index in [2.05, 4.69) is 20.9 Å². The fraction of sp³-hybridized carbons (Fsp3) is 0.333. The van der Waals surface area contributed by atoms with Crippen LogP contribution in [0.2, 0.25) is 0 Å². The number of halogens is 1. The van der Waals surface area contributed by atoms with Crippen LogP contribution in [0, 0.1) is 12.7 Å². The van der Waals surface area contributed by atoms with Crippen molar-refractivity contribution in [3.63, 3.8) is 0 Å². The molecule has 0 bridgehead atoms. The van der Waals surface area contributed by atoms with E-state index in [4.69, 9.17) is 0 Å². The lowest BCUT2D eigenvalue weighted by atomic mass is 10.1. The molecule has 0 aliphatic carbocycles. The van der Waals surface area contributed by atoms with E-state index in [0.29, 0.717) is 42.5 Å². The molecule has 0 unspecified atom stereocenters. The quantitative estimate of drug-likeness (QED) is 0.334. The van der Waals surface area contributed by atoms with Crippen LogP contribution in [0.4, 0.5) is 4.39 Å². The number of aliphatic imine (C=N–C) groups is 1. The number of nitrogens with zero attached hydrogens (tertiary/aromatic N) is 1. The number of benzene rings is 2. The Morgan fingerprint density at radius 3 is 2.23 bits per heavy atom. The van der Waals surface area contributed by atoms with Crippen LogP contribution in [0.15, 0.2) is 52.4 Å². The van der Waals surface area contributed by atoms with E-state index in [1.165, 1.54) is 12.3 Å². The zero-order chi connectivity index (χ0) is 22.1. The number of nitrogens with one attached hydrogen (secondary N) is 3. The number of carbonyl (C=O) groups excluding carboxylic acids is 1. The van der Waals surface area contributed by atoms with E-state index in [-0.39, 0.29) is 11.5 Å². The van der Waals surface area contributed by atoms with Crippen molar-refractivity contribution >= 4 is 21.7 Å². The van der Waals surface area contributed by atoms with Crippen LogP contribution in [0.1, 0.15) is 21.5 Å². The molecule has 0 aromatic heterocycles. The standard InChI is InChI=1S/C21H27FN4O3S/c1-15-4-7-17(14-19(15)22)20(27)24-12-13-26-21(23-2)25-11-10-16-5-8-18(9-6-16)30(3,28)29/h4-9,14H,10-13H2,1-3H3,(H,24,27)(H2,23,25,26). The molecule has 0 spiro atoms. The molecule has 2 aromatic carbocycles. The summed E-state index contributed by atoms with van der Waals surface area (Å²) in [6, 6.07) is 11.2. The van der Waals surface area contributed by atoms with Crippen molar-refractivity contribution in [2.24, 2.45) is 4.99 Å². The first kappa shape index (κ1) is 23.3. The first-order chi connectivity index (χ1) is 14.2. The highest BCUT2D eigenvalue weighted by atomic mass is 32.2. The molecule has 0 atom stereocenters. The van der Waals surface area contributed by atoms with Gasteiger partial charge in [0.25, 0.3) is 5.91 Å². The summed E-state index contributed by atoms with van der Waals surface area (Å²) in [5.41, 5.74) is 1.78. The zero-order valence-corrected chi connectivity index (χ0v) is 18.1. The van der Waals surface area contributed by atoms with Crippen LogP contribution in [-0.2, 0) is 16.3 Å². The van der Waals surface area contributed by atoms with Gasteiger partial charge in [-0.05, 0) is 48.7 Å². The zero-order valence-electron chi connectivity index (χ0n) is 17.3. The number of guanidine groups is 1. The molecular weight excluding hydrogens is 407 g/mol. The number of carbonyl (C=O) groups is 1. The molecule has 2 aromatic rings. The van der Waals surface area contributed by atoms with Gasteiger partial charge in [0.05, 0.1) is 4.90 Å². The summed E-state index contributed by atoms with van der Waals surface area (Å²) >= 11 is 0. The van der Waals surface area contributed by atoms with E-state index in [1.54, 1.807) is 50.4 Å². The van der Waals surface area contributed by atoms with Crippen molar-refractivity contribution in [1.29, 1.82) is 0 Å². The molecule has 0 saturated heterocycles. The number of aryl methyl sites for hydroxylation is 1. The predicted molar refractivity (Wildman–Crippen MR) is 116 cm³/mol. The number of hydrogen-bond acceptors (Lipinski definition) is 4. The summed E-state index contributed by atoms with van der Waals surface area (Å²) < 4.78 is 36.5. The van der Waals surface area contributed by atoms with E-state index < -0.39 is 15.7 Å². The highest BCUT2D eigenvalue weighted by Gasteiger charge is 2.08. The Bertz CT molecular complexity index is 1010. The smallest absolute Gasteiger partial charge is 0.251 e. The van der Waals surface area contributed by atoms with Crippen LogP contribution in [0.5, 0.6) is 0 Å². The number of amides is 1. The average molecular weight is 435 g/mol. The van der Waals surface area contributed by atoms with Crippen molar-refractivity contribution < 1.29 is 17.6 Å². The largest absolute Gasteiger partial charge is 0.356 e. The van der Waals surface area contributed by atoms with Gasteiger partial charge in [0.2, 0.25) is 0 Å². The molecule has 0 heterocycles. The third kappa shape index (κ3) is 7.14. The molecule has 0 radical (unpaired) electrons. The summed E-state index contributed by atoms with van der Waals surface area (Å²) in [5, 5.41) is 8.96. The molecule has 0 saturated carbocycles. The second-order valence-corrected chi connectivity index (χ2v) is 8.83. The maximum Gasteiger partial charge on any atom is 0.251 e. The Morgan fingerprint density at radius 1 is 1.00 bits per heavy atom. The lowest BCUT2D eigenvalue weighted by Crippen LogP contribution is -2.42. The SMILES string of the molecule is CN=C(NCCNC(=O)c1ccc(C)c(F)c1)NCCc1ccc(S(C)(=O)=O)cc1. The van der Waals surface area contributed by atoms with Gasteiger partial charge in [-0.3, -0.25) is 9.79 Å². The summed E-state index contributed by atoms with van der Waals surface area (Å²) in [5.74, 6) is -0.161. The fourth-order valence-electron chi connectivity index (χ4n) is 2.64. The Morgan fingerprint density at radius 2 is 1.63 bits per heavy atom. The number of rotatable bonds is 8. The first-order valence-corrected chi connectivity index (χ1v) is 11.4. The van der Waals surface area contributed by atoms with Crippen molar-refractivity contribution in [1.82, 2.24) is 16.0 Å². The molecule has 3 N–H and O–H groups in total. The third-order valence-corrected chi connectivity index (χ3v) is 5.55. The topological polar surface area (TPSA) is 99.7 Å². The van der Waals surface area contributed by atoms with E-state index in [0.717, 1.165) is 5.56 Å². The lowest BCUT2D eigenvalue weighted by Gasteiger charge is -2.12. The maximum atomic E-state index is 13.5. The molecule has 30 heavy (non-hydrogen) atoms. The van der Waals surface area contributed by atoms with Crippen LogP contribution in [0.25, 0.3) is 0 Å². The fourth-order valence-corrected chi connectivity index (χ4v) is 3.27. The van der Waals surface area contributed by atoms with Gasteiger partial charge in [-0.1, -0.05) is 18.2 Å². The van der Waals surface area contributed by atoms with Gasteiger partial charge in [0.1, 0.15) is 5.82 Å². The van der Waals surface area contributed by atoms with Crippen LogP contribution >= 0.6 is 0 Å². The van der Waals surface area contributed by atoms with E-state index >= 15 is 0 Å². The molecule has 0 aliphatic rings. The molecule has 7 nitrogen and oxygen atoms in total. The van der Waals surface area contributed by atoms with Crippen molar-refractivity contribution in [2.75, 3.05) is 32.9 Å². The van der Waals surface area contributed by atoms with Crippen molar-refractivity contribution in [3.05, 3.63) is 65.0 Å². The number of hydrogen-bond donors (Lipinski definition) is 3. The van der Waals surface area contributed by atoms with E-state index in [1.807, 2.05) is 0 Å². The van der Waals surface area contributed by atoms with Crippen LogP contribution in [-0.4, -0.2) is 53.2 Å². The Labute approximate surface area is 176 Å². The summed E-state index contributed by atoms with van der Waals surface area (Å²) in [6.45, 7) is 3.04. The van der Waals surface area contributed by atoms with Crippen LogP contribution in [0.3, 0.4) is 0 Å². The minimum atomic E-state index is -3.19. The number of sulfone groups is 1. The molecular formula is C21H27FN4O3S.